The fraction of sp³-hybridized carbons (Fsp3) is 0.562. The number of nitrogens with one attached hydrogen (secondary N) is 1. The highest BCUT2D eigenvalue weighted by Crippen LogP contribution is 2.23. The maximum Gasteiger partial charge on any atom is 0.243 e. The van der Waals surface area contributed by atoms with E-state index in [1.165, 1.54) is 12.8 Å². The average Bonchev–Trinajstić information content (AvgIpc) is 3.33. The van der Waals surface area contributed by atoms with Crippen LogP contribution < -0.4 is 5.32 Å². The van der Waals surface area contributed by atoms with E-state index in [4.69, 9.17) is 12.2 Å². The van der Waals surface area contributed by atoms with Gasteiger partial charge in [-0.3, -0.25) is 0 Å². The van der Waals surface area contributed by atoms with E-state index >= 15 is 0 Å². The molecule has 0 spiro atoms. The molecule has 23 heavy (non-hydrogen) atoms. The Labute approximate surface area is 143 Å². The van der Waals surface area contributed by atoms with Crippen molar-refractivity contribution in [2.24, 2.45) is 0 Å². The van der Waals surface area contributed by atoms with Gasteiger partial charge >= 0.3 is 0 Å². The van der Waals surface area contributed by atoms with Crippen LogP contribution in [0, 0.1) is 13.8 Å². The Morgan fingerprint density at radius 1 is 1.17 bits per heavy atom. The van der Waals surface area contributed by atoms with Crippen LogP contribution in [-0.2, 0) is 10.0 Å². The van der Waals surface area contributed by atoms with Crippen LogP contribution in [0.3, 0.4) is 0 Å². The number of rotatable bonds is 3. The van der Waals surface area contributed by atoms with Gasteiger partial charge in [0, 0.05) is 32.2 Å². The van der Waals surface area contributed by atoms with E-state index in [2.05, 4.69) is 10.2 Å². The van der Waals surface area contributed by atoms with E-state index in [1.54, 1.807) is 10.4 Å². The fourth-order valence-corrected chi connectivity index (χ4v) is 4.83. The minimum absolute atomic E-state index is 0.421. The Kier molecular flexibility index (Phi) is 4.62. The third kappa shape index (κ3) is 3.67. The maximum atomic E-state index is 12.9. The number of piperazine rings is 1. The van der Waals surface area contributed by atoms with E-state index < -0.39 is 10.0 Å². The monoisotopic (exact) mass is 353 g/mol. The van der Waals surface area contributed by atoms with Crippen molar-refractivity contribution in [2.75, 3.05) is 26.2 Å². The number of hydrogen-bond donors (Lipinski definition) is 1. The number of benzene rings is 1. The summed E-state index contributed by atoms with van der Waals surface area (Å²) < 4.78 is 27.3. The molecule has 0 bridgehead atoms. The largest absolute Gasteiger partial charge is 0.360 e. The van der Waals surface area contributed by atoms with Crippen molar-refractivity contribution in [3.8, 4) is 0 Å². The summed E-state index contributed by atoms with van der Waals surface area (Å²) in [6.07, 6.45) is 2.36. The minimum Gasteiger partial charge on any atom is -0.360 e. The highest BCUT2D eigenvalue weighted by Gasteiger charge is 2.31. The molecular formula is C16H23N3O2S2. The van der Waals surface area contributed by atoms with Crippen molar-refractivity contribution in [3.05, 3.63) is 29.3 Å². The summed E-state index contributed by atoms with van der Waals surface area (Å²) in [6, 6.07) is 6.09. The molecule has 1 aromatic carbocycles. The van der Waals surface area contributed by atoms with Crippen molar-refractivity contribution in [2.45, 2.75) is 37.6 Å². The van der Waals surface area contributed by atoms with E-state index in [1.807, 2.05) is 26.0 Å². The van der Waals surface area contributed by atoms with Crippen molar-refractivity contribution < 1.29 is 8.42 Å². The summed E-state index contributed by atoms with van der Waals surface area (Å²) in [5.74, 6) is 0. The third-order valence-electron chi connectivity index (χ3n) is 4.39. The van der Waals surface area contributed by atoms with E-state index in [0.29, 0.717) is 37.1 Å². The van der Waals surface area contributed by atoms with Crippen LogP contribution in [0.25, 0.3) is 0 Å². The third-order valence-corrected chi connectivity index (χ3v) is 6.81. The molecule has 1 saturated heterocycles. The number of sulfonamides is 1. The van der Waals surface area contributed by atoms with Crippen molar-refractivity contribution >= 4 is 27.4 Å². The number of thiocarbonyl (C=S) groups is 1. The summed E-state index contributed by atoms with van der Waals surface area (Å²) in [5.41, 5.74) is 1.76. The summed E-state index contributed by atoms with van der Waals surface area (Å²) in [5, 5.41) is 4.08. The Hall–Kier alpha value is -1.18. The van der Waals surface area contributed by atoms with Gasteiger partial charge in [-0.05, 0) is 56.1 Å². The SMILES string of the molecule is Cc1ccc(C)c(S(=O)(=O)N2CCN(C(=S)NC3CC3)CC2)c1. The molecule has 0 unspecified atom stereocenters. The van der Waals surface area contributed by atoms with Gasteiger partial charge in [0.1, 0.15) is 0 Å². The first-order valence-electron chi connectivity index (χ1n) is 8.01. The topological polar surface area (TPSA) is 52.7 Å². The first-order chi connectivity index (χ1) is 10.9. The van der Waals surface area contributed by atoms with Gasteiger partial charge in [0.15, 0.2) is 5.11 Å². The summed E-state index contributed by atoms with van der Waals surface area (Å²) in [6.45, 7) is 5.99. The number of hydrogen-bond acceptors (Lipinski definition) is 3. The smallest absolute Gasteiger partial charge is 0.243 e. The van der Waals surface area contributed by atoms with Gasteiger partial charge in [-0.25, -0.2) is 8.42 Å². The van der Waals surface area contributed by atoms with Crippen LogP contribution in [0.4, 0.5) is 0 Å². The molecule has 0 aromatic heterocycles. The molecule has 0 radical (unpaired) electrons. The molecule has 1 heterocycles. The molecule has 1 N–H and O–H groups in total. The lowest BCUT2D eigenvalue weighted by atomic mass is 10.2. The summed E-state index contributed by atoms with van der Waals surface area (Å²) in [7, 11) is -3.43. The molecule has 126 valence electrons. The molecule has 1 aromatic rings. The zero-order valence-electron chi connectivity index (χ0n) is 13.6. The minimum atomic E-state index is -3.43. The summed E-state index contributed by atoms with van der Waals surface area (Å²) >= 11 is 5.40. The second-order valence-corrected chi connectivity index (χ2v) is 8.68. The molecule has 0 atom stereocenters. The van der Waals surface area contributed by atoms with Gasteiger partial charge in [0.2, 0.25) is 10.0 Å². The van der Waals surface area contributed by atoms with Gasteiger partial charge < -0.3 is 10.2 Å². The molecule has 0 amide bonds. The lowest BCUT2D eigenvalue weighted by Crippen LogP contribution is -2.53. The van der Waals surface area contributed by atoms with Gasteiger partial charge in [-0.1, -0.05) is 12.1 Å². The van der Waals surface area contributed by atoms with Gasteiger partial charge in [-0.2, -0.15) is 4.31 Å². The normalized spacial score (nSPS) is 19.7. The van der Waals surface area contributed by atoms with E-state index in [9.17, 15) is 8.42 Å². The number of nitrogens with zero attached hydrogens (tertiary/aromatic N) is 2. The first-order valence-corrected chi connectivity index (χ1v) is 9.85. The standard InChI is InChI=1S/C16H23N3O2S2/c1-12-3-4-13(2)15(11-12)23(20,21)19-9-7-18(8-10-19)16(22)17-14-5-6-14/h3-4,11,14H,5-10H2,1-2H3,(H,17,22). The highest BCUT2D eigenvalue weighted by molar-refractivity contribution is 7.89. The lowest BCUT2D eigenvalue weighted by Gasteiger charge is -2.35. The van der Waals surface area contributed by atoms with Crippen LogP contribution in [0.5, 0.6) is 0 Å². The van der Waals surface area contributed by atoms with Gasteiger partial charge in [0.05, 0.1) is 4.90 Å². The molecule has 1 aliphatic heterocycles. The zero-order chi connectivity index (χ0) is 16.6. The second-order valence-electron chi connectivity index (χ2n) is 6.38. The van der Waals surface area contributed by atoms with Crippen molar-refractivity contribution in [1.82, 2.24) is 14.5 Å². The molecule has 1 saturated carbocycles. The first kappa shape index (κ1) is 16.7. The number of aryl methyl sites for hydroxylation is 2. The van der Waals surface area contributed by atoms with Crippen LogP contribution in [0.2, 0.25) is 0 Å². The maximum absolute atomic E-state index is 12.9. The van der Waals surface area contributed by atoms with Gasteiger partial charge in [0.25, 0.3) is 0 Å². The van der Waals surface area contributed by atoms with Crippen molar-refractivity contribution in [3.63, 3.8) is 0 Å². The zero-order valence-corrected chi connectivity index (χ0v) is 15.2. The average molecular weight is 354 g/mol. The fourth-order valence-electron chi connectivity index (χ4n) is 2.75. The van der Waals surface area contributed by atoms with Gasteiger partial charge in [-0.15, -0.1) is 0 Å². The summed E-state index contributed by atoms with van der Waals surface area (Å²) in [4.78, 5) is 2.49. The highest BCUT2D eigenvalue weighted by atomic mass is 32.2. The molecule has 1 aliphatic carbocycles. The van der Waals surface area contributed by atoms with Crippen LogP contribution in [0.15, 0.2) is 23.1 Å². The second kappa shape index (κ2) is 6.37. The Morgan fingerprint density at radius 2 is 1.83 bits per heavy atom. The molecule has 5 nitrogen and oxygen atoms in total. The molecule has 2 aliphatic rings. The van der Waals surface area contributed by atoms with E-state index in [0.717, 1.165) is 16.2 Å². The Bertz CT molecular complexity index is 706. The quantitative estimate of drug-likeness (QED) is 0.838. The van der Waals surface area contributed by atoms with Crippen molar-refractivity contribution in [1.29, 1.82) is 0 Å². The van der Waals surface area contributed by atoms with E-state index in [-0.39, 0.29) is 0 Å². The molecule has 7 heteroatoms. The van der Waals surface area contributed by atoms with Crippen LogP contribution in [0.1, 0.15) is 24.0 Å². The molecule has 2 fully saturated rings. The van der Waals surface area contributed by atoms with Crippen LogP contribution >= 0.6 is 12.2 Å². The predicted octanol–water partition coefficient (Wildman–Crippen LogP) is 1.65. The molecule has 3 rings (SSSR count). The predicted molar refractivity (Wildman–Crippen MR) is 95.0 cm³/mol. The Morgan fingerprint density at radius 3 is 2.43 bits per heavy atom. The Balaban J connectivity index is 1.68. The molecular weight excluding hydrogens is 330 g/mol. The van der Waals surface area contributed by atoms with Crippen LogP contribution in [-0.4, -0.2) is 55.0 Å². The lowest BCUT2D eigenvalue weighted by molar-refractivity contribution is 0.263.